The lowest BCUT2D eigenvalue weighted by atomic mass is 9.90. The van der Waals surface area contributed by atoms with Crippen LogP contribution in [0.1, 0.15) is 33.6 Å². The van der Waals surface area contributed by atoms with Crippen molar-refractivity contribution in [2.24, 2.45) is 18.4 Å². The molecular weight excluding hydrogens is 330 g/mol. The fourth-order valence-corrected chi connectivity index (χ4v) is 3.89. The Morgan fingerprint density at radius 3 is 2.35 bits per heavy atom. The zero-order valence-electron chi connectivity index (χ0n) is 16.4. The number of nitrogens with zero attached hydrogens (tertiary/aromatic N) is 5. The summed E-state index contributed by atoms with van der Waals surface area (Å²) in [7, 11) is 1.99. The molecule has 1 aromatic heterocycles. The Balaban J connectivity index is 1.56. The lowest BCUT2D eigenvalue weighted by molar-refractivity contribution is -0.145. The molecule has 144 valence electrons. The molecule has 2 aliphatic rings. The molecule has 0 radical (unpaired) electrons. The normalized spacial score (nSPS) is 21.8. The number of rotatable bonds is 2. The monoisotopic (exact) mass is 361 g/mol. The highest BCUT2D eigenvalue weighted by atomic mass is 16.2. The number of hydrogen-bond acceptors (Lipinski definition) is 4. The largest absolute Gasteiger partial charge is 0.341 e. The molecule has 3 rings (SSSR count). The van der Waals surface area contributed by atoms with E-state index in [1.165, 1.54) is 0 Å². The van der Waals surface area contributed by atoms with E-state index in [0.717, 1.165) is 51.5 Å². The maximum atomic E-state index is 13.0. The Bertz CT molecular complexity index is 655. The van der Waals surface area contributed by atoms with Crippen LogP contribution in [0.15, 0.2) is 12.4 Å². The zero-order chi connectivity index (χ0) is 18.9. The summed E-state index contributed by atoms with van der Waals surface area (Å²) >= 11 is 0. The van der Waals surface area contributed by atoms with Gasteiger partial charge in [-0.25, -0.2) is 4.98 Å². The summed E-state index contributed by atoms with van der Waals surface area (Å²) in [5.41, 5.74) is -0.390. The molecule has 0 bridgehead atoms. The van der Waals surface area contributed by atoms with Crippen LogP contribution in [0.3, 0.4) is 0 Å². The summed E-state index contributed by atoms with van der Waals surface area (Å²) in [6.45, 7) is 10.2. The van der Waals surface area contributed by atoms with Gasteiger partial charge in [0.1, 0.15) is 0 Å². The third-order valence-corrected chi connectivity index (χ3v) is 5.37. The maximum absolute atomic E-state index is 13.0. The number of carbonyl (C=O) groups excluding carboxylic acids is 2. The molecule has 0 N–H and O–H groups in total. The van der Waals surface area contributed by atoms with Crippen molar-refractivity contribution in [3.8, 4) is 0 Å². The molecule has 0 unspecified atom stereocenters. The summed E-state index contributed by atoms with van der Waals surface area (Å²) in [6.07, 6.45) is 5.53. The lowest BCUT2D eigenvalue weighted by Crippen LogP contribution is -2.54. The SMILES string of the molecule is Cn1ccnc1N1CCN(C(=O)[C@H]2CCCN(C(=O)C(C)(C)C)C2)CC1. The molecule has 3 heterocycles. The Morgan fingerprint density at radius 2 is 1.77 bits per heavy atom. The van der Waals surface area contributed by atoms with Crippen LogP contribution < -0.4 is 4.90 Å². The van der Waals surface area contributed by atoms with Gasteiger partial charge < -0.3 is 19.3 Å². The van der Waals surface area contributed by atoms with Crippen molar-refractivity contribution >= 4 is 17.8 Å². The highest BCUT2D eigenvalue weighted by Crippen LogP contribution is 2.25. The van der Waals surface area contributed by atoms with Crippen molar-refractivity contribution in [1.82, 2.24) is 19.4 Å². The highest BCUT2D eigenvalue weighted by Gasteiger charge is 2.35. The van der Waals surface area contributed by atoms with Gasteiger partial charge in [-0.05, 0) is 12.8 Å². The number of hydrogen-bond donors (Lipinski definition) is 0. The van der Waals surface area contributed by atoms with Crippen molar-refractivity contribution in [2.45, 2.75) is 33.6 Å². The second-order valence-corrected chi connectivity index (χ2v) is 8.49. The standard InChI is InChI=1S/C19H31N5O2/c1-19(2,3)17(26)24-8-5-6-15(14-24)16(25)22-10-12-23(13-11-22)18-20-7-9-21(18)4/h7,9,15H,5-6,8,10-14H2,1-4H3/t15-/m0/s1. The van der Waals surface area contributed by atoms with Crippen molar-refractivity contribution in [1.29, 1.82) is 0 Å². The van der Waals surface area contributed by atoms with Gasteiger partial charge in [0, 0.05) is 64.1 Å². The number of piperazine rings is 1. The molecule has 0 saturated carbocycles. The van der Waals surface area contributed by atoms with Gasteiger partial charge in [0.05, 0.1) is 5.92 Å². The number of piperidine rings is 1. The molecule has 7 nitrogen and oxygen atoms in total. The van der Waals surface area contributed by atoms with E-state index in [1.54, 1.807) is 6.20 Å². The zero-order valence-corrected chi connectivity index (χ0v) is 16.4. The van der Waals surface area contributed by atoms with Crippen LogP contribution in [0.5, 0.6) is 0 Å². The van der Waals surface area contributed by atoms with Crippen molar-refractivity contribution in [2.75, 3.05) is 44.2 Å². The number of likely N-dealkylation sites (tertiary alicyclic amines) is 1. The molecule has 0 spiro atoms. The van der Waals surface area contributed by atoms with Crippen LogP contribution in [0.2, 0.25) is 0 Å². The fourth-order valence-electron chi connectivity index (χ4n) is 3.89. The molecule has 26 heavy (non-hydrogen) atoms. The van der Waals surface area contributed by atoms with Crippen molar-refractivity contribution in [3.05, 3.63) is 12.4 Å². The van der Waals surface area contributed by atoms with E-state index in [2.05, 4.69) is 9.88 Å². The lowest BCUT2D eigenvalue weighted by Gasteiger charge is -2.40. The first kappa shape index (κ1) is 18.7. The third-order valence-electron chi connectivity index (χ3n) is 5.37. The average Bonchev–Trinajstić information content (AvgIpc) is 3.06. The van der Waals surface area contributed by atoms with Gasteiger partial charge in [-0.2, -0.15) is 0 Å². The summed E-state index contributed by atoms with van der Waals surface area (Å²) in [4.78, 5) is 36.0. The number of imidazole rings is 1. The Morgan fingerprint density at radius 1 is 1.08 bits per heavy atom. The maximum Gasteiger partial charge on any atom is 0.227 e. The van der Waals surface area contributed by atoms with Crippen LogP contribution in [-0.2, 0) is 16.6 Å². The number of anilines is 1. The summed E-state index contributed by atoms with van der Waals surface area (Å²) in [5, 5.41) is 0. The number of aromatic nitrogens is 2. The van der Waals surface area contributed by atoms with Gasteiger partial charge in [-0.3, -0.25) is 9.59 Å². The summed E-state index contributed by atoms with van der Waals surface area (Å²) < 4.78 is 2.01. The predicted octanol–water partition coefficient (Wildman–Crippen LogP) is 1.35. The molecule has 2 fully saturated rings. The van der Waals surface area contributed by atoms with Gasteiger partial charge in [0.2, 0.25) is 17.8 Å². The van der Waals surface area contributed by atoms with E-state index in [0.29, 0.717) is 6.54 Å². The van der Waals surface area contributed by atoms with E-state index in [4.69, 9.17) is 0 Å². The molecule has 2 aliphatic heterocycles. The van der Waals surface area contributed by atoms with E-state index in [-0.39, 0.29) is 17.7 Å². The minimum Gasteiger partial charge on any atom is -0.341 e. The van der Waals surface area contributed by atoms with Gasteiger partial charge in [-0.1, -0.05) is 20.8 Å². The van der Waals surface area contributed by atoms with Crippen LogP contribution >= 0.6 is 0 Å². The van der Waals surface area contributed by atoms with Gasteiger partial charge in [-0.15, -0.1) is 0 Å². The summed E-state index contributed by atoms with van der Waals surface area (Å²) in [5.74, 6) is 1.25. The van der Waals surface area contributed by atoms with Crippen molar-refractivity contribution in [3.63, 3.8) is 0 Å². The Kier molecular flexibility index (Phi) is 5.25. The van der Waals surface area contributed by atoms with Crippen molar-refractivity contribution < 1.29 is 9.59 Å². The first-order valence-electron chi connectivity index (χ1n) is 9.58. The quantitative estimate of drug-likeness (QED) is 0.798. The average molecular weight is 361 g/mol. The molecule has 0 aromatic carbocycles. The number of amides is 2. The fraction of sp³-hybridized carbons (Fsp3) is 0.737. The van der Waals surface area contributed by atoms with E-state index in [9.17, 15) is 9.59 Å². The predicted molar refractivity (Wildman–Crippen MR) is 101 cm³/mol. The van der Waals surface area contributed by atoms with E-state index >= 15 is 0 Å². The molecule has 2 amide bonds. The molecular formula is C19H31N5O2. The molecule has 1 aromatic rings. The number of carbonyl (C=O) groups is 2. The second-order valence-electron chi connectivity index (χ2n) is 8.49. The van der Waals surface area contributed by atoms with E-state index < -0.39 is 5.41 Å². The minimum atomic E-state index is -0.390. The topological polar surface area (TPSA) is 61.7 Å². The molecule has 1 atom stereocenters. The van der Waals surface area contributed by atoms with Gasteiger partial charge in [0.25, 0.3) is 0 Å². The third kappa shape index (κ3) is 3.86. The summed E-state index contributed by atoms with van der Waals surface area (Å²) in [6, 6.07) is 0. The minimum absolute atomic E-state index is 0.0604. The van der Waals surface area contributed by atoms with Gasteiger partial charge >= 0.3 is 0 Å². The Hall–Kier alpha value is -2.05. The second kappa shape index (κ2) is 7.29. The van der Waals surface area contributed by atoms with Gasteiger partial charge in [0.15, 0.2) is 0 Å². The number of aryl methyl sites for hydroxylation is 1. The van der Waals surface area contributed by atoms with Crippen LogP contribution in [-0.4, -0.2) is 70.4 Å². The first-order chi connectivity index (χ1) is 12.3. The van der Waals surface area contributed by atoms with Crippen LogP contribution in [0.4, 0.5) is 5.95 Å². The highest BCUT2D eigenvalue weighted by molar-refractivity contribution is 5.84. The van der Waals surface area contributed by atoms with Crippen LogP contribution in [0.25, 0.3) is 0 Å². The molecule has 2 saturated heterocycles. The Labute approximate surface area is 156 Å². The smallest absolute Gasteiger partial charge is 0.227 e. The van der Waals surface area contributed by atoms with E-state index in [1.807, 2.05) is 48.4 Å². The molecule has 7 heteroatoms. The molecule has 0 aliphatic carbocycles. The first-order valence-corrected chi connectivity index (χ1v) is 9.58. The van der Waals surface area contributed by atoms with Crippen LogP contribution in [0, 0.1) is 11.3 Å².